The van der Waals surface area contributed by atoms with E-state index in [1.54, 1.807) is 12.1 Å². The fourth-order valence-corrected chi connectivity index (χ4v) is 3.05. The van der Waals surface area contributed by atoms with E-state index in [-0.39, 0.29) is 0 Å². The molecule has 2 aliphatic carbocycles. The molecule has 1 aromatic carbocycles. The third kappa shape index (κ3) is 1.67. The molecule has 2 N–H and O–H groups in total. The van der Waals surface area contributed by atoms with Crippen LogP contribution in [-0.2, 0) is 11.2 Å². The Hall–Kier alpha value is -1.28. The van der Waals surface area contributed by atoms with Crippen LogP contribution in [0.1, 0.15) is 41.3 Å². The molecule has 18 heavy (non-hydrogen) atoms. The third-order valence-electron chi connectivity index (χ3n) is 3.60. The first-order valence-electron chi connectivity index (χ1n) is 7.87. The molecule has 0 spiro atoms. The Labute approximate surface area is 117 Å². The normalized spacial score (nSPS) is 30.7. The predicted molar refractivity (Wildman–Crippen MR) is 73.3 cm³/mol. The molecule has 0 fully saturated rings. The van der Waals surface area contributed by atoms with E-state index < -0.39 is 31.0 Å². The molecule has 0 saturated heterocycles. The third-order valence-corrected chi connectivity index (χ3v) is 3.82. The number of fused-ring (bicyclic) bond motifs is 2. The average molecular weight is 266 g/mol. The van der Waals surface area contributed by atoms with Gasteiger partial charge in [0.1, 0.15) is 0 Å². The van der Waals surface area contributed by atoms with E-state index in [1.165, 1.54) is 0 Å². The van der Waals surface area contributed by atoms with Crippen LogP contribution in [0.5, 0.6) is 0 Å². The van der Waals surface area contributed by atoms with E-state index >= 15 is 0 Å². The minimum Gasteiger partial charge on any atom is -0.369 e. The molecule has 1 amide bonds. The van der Waals surface area contributed by atoms with Crippen molar-refractivity contribution >= 4 is 23.1 Å². The number of amides is 1. The van der Waals surface area contributed by atoms with Gasteiger partial charge < -0.3 is 5.73 Å². The first-order chi connectivity index (χ1) is 10.0. The van der Waals surface area contributed by atoms with Crippen LogP contribution in [0.15, 0.2) is 17.7 Å². The number of halogens is 1. The molecule has 0 saturated carbocycles. The van der Waals surface area contributed by atoms with E-state index in [0.29, 0.717) is 28.2 Å². The summed E-state index contributed by atoms with van der Waals surface area (Å²) in [5.74, 6) is -1.85. The second-order valence-corrected chi connectivity index (χ2v) is 5.16. The van der Waals surface area contributed by atoms with Crippen LogP contribution in [0.4, 0.5) is 0 Å². The maximum absolute atomic E-state index is 11.8. The molecule has 94 valence electrons. The van der Waals surface area contributed by atoms with Gasteiger partial charge in [0.05, 0.1) is 5.92 Å². The smallest absolute Gasteiger partial charge is 0.224 e. The largest absolute Gasteiger partial charge is 0.369 e. The SMILES string of the molecule is [2H]C1([2H])CC([2H])([2H])C(C(N)=O)C2=C1c1cc(Cl)cc(C)c1C2. The zero-order valence-electron chi connectivity index (χ0n) is 14.0. The zero-order chi connectivity index (χ0) is 16.4. The Balaban J connectivity index is 2.29. The van der Waals surface area contributed by atoms with Gasteiger partial charge in [-0.2, -0.15) is 0 Å². The van der Waals surface area contributed by atoms with Crippen molar-refractivity contribution in [3.05, 3.63) is 39.4 Å². The van der Waals surface area contributed by atoms with Crippen molar-refractivity contribution in [1.82, 2.24) is 0 Å². The summed E-state index contributed by atoms with van der Waals surface area (Å²) in [7, 11) is 0. The van der Waals surface area contributed by atoms with Gasteiger partial charge in [0.2, 0.25) is 5.91 Å². The fourth-order valence-electron chi connectivity index (χ4n) is 2.77. The molecule has 0 heterocycles. The molecule has 2 nitrogen and oxygen atoms in total. The highest BCUT2D eigenvalue weighted by Crippen LogP contribution is 2.45. The highest BCUT2D eigenvalue weighted by Gasteiger charge is 2.33. The number of aryl methyl sites for hydroxylation is 1. The summed E-state index contributed by atoms with van der Waals surface area (Å²) >= 11 is 6.10. The van der Waals surface area contributed by atoms with Gasteiger partial charge in [-0.3, -0.25) is 4.79 Å². The highest BCUT2D eigenvalue weighted by molar-refractivity contribution is 6.30. The number of hydrogen-bond acceptors (Lipinski definition) is 1. The molecule has 0 aliphatic heterocycles. The van der Waals surface area contributed by atoms with Gasteiger partial charge in [-0.15, -0.1) is 0 Å². The topological polar surface area (TPSA) is 43.1 Å². The van der Waals surface area contributed by atoms with Crippen molar-refractivity contribution < 1.29 is 10.3 Å². The van der Waals surface area contributed by atoms with E-state index in [1.807, 2.05) is 6.92 Å². The number of carbonyl (C=O) groups is 1. The number of hydrogen-bond donors (Lipinski definition) is 1. The number of rotatable bonds is 1. The van der Waals surface area contributed by atoms with Crippen LogP contribution in [0.3, 0.4) is 0 Å². The monoisotopic (exact) mass is 265 g/mol. The van der Waals surface area contributed by atoms with Gasteiger partial charge in [-0.25, -0.2) is 0 Å². The summed E-state index contributed by atoms with van der Waals surface area (Å²) in [6.07, 6.45) is -3.89. The van der Waals surface area contributed by atoms with Crippen molar-refractivity contribution in [3.63, 3.8) is 0 Å². The maximum Gasteiger partial charge on any atom is 0.224 e. The van der Waals surface area contributed by atoms with E-state index in [9.17, 15) is 4.79 Å². The van der Waals surface area contributed by atoms with Crippen molar-refractivity contribution in [1.29, 1.82) is 0 Å². The lowest BCUT2D eigenvalue weighted by Gasteiger charge is -2.22. The molecule has 1 unspecified atom stereocenters. The lowest BCUT2D eigenvalue weighted by atomic mass is 9.82. The summed E-state index contributed by atoms with van der Waals surface area (Å²) in [5, 5.41) is 0.505. The summed E-state index contributed by atoms with van der Waals surface area (Å²) < 4.78 is 32.8. The second-order valence-electron chi connectivity index (χ2n) is 4.72. The van der Waals surface area contributed by atoms with Gasteiger partial charge in [-0.1, -0.05) is 11.6 Å². The minimum atomic E-state index is -1.99. The van der Waals surface area contributed by atoms with Gasteiger partial charge in [-0.05, 0) is 72.5 Å². The van der Waals surface area contributed by atoms with Crippen LogP contribution in [0.2, 0.25) is 5.02 Å². The molecule has 0 radical (unpaired) electrons. The lowest BCUT2D eigenvalue weighted by Crippen LogP contribution is -2.27. The van der Waals surface area contributed by atoms with E-state index in [2.05, 4.69) is 0 Å². The number of benzene rings is 1. The number of allylic oxidation sites excluding steroid dienone is 1. The Bertz CT molecular complexity index is 726. The minimum absolute atomic E-state index is 0.348. The van der Waals surface area contributed by atoms with E-state index in [4.69, 9.17) is 22.8 Å². The Morgan fingerprint density at radius 2 is 2.33 bits per heavy atom. The van der Waals surface area contributed by atoms with Crippen LogP contribution < -0.4 is 5.73 Å². The van der Waals surface area contributed by atoms with Crippen LogP contribution >= 0.6 is 11.6 Å². The van der Waals surface area contributed by atoms with Gasteiger partial charge in [0, 0.05) is 10.5 Å². The molecule has 2 aliphatic rings. The molecule has 1 aromatic rings. The molecule has 1 atom stereocenters. The Morgan fingerprint density at radius 1 is 1.56 bits per heavy atom. The van der Waals surface area contributed by atoms with E-state index in [0.717, 1.165) is 11.1 Å². The Kier molecular flexibility index (Phi) is 1.84. The number of carbonyl (C=O) groups excluding carboxylic acids is 1. The standard InChI is InChI=1S/C15H16ClNO/c1-8-5-9(16)6-13-10-3-2-4-11(15(17)18)14(10)7-12(8)13/h5-6,11H,2-4,7H2,1H3,(H2,17,18)/i3D2,4D2. The van der Waals surface area contributed by atoms with Crippen LogP contribution in [0.25, 0.3) is 5.57 Å². The molecular formula is C15H16ClNO. The van der Waals surface area contributed by atoms with Crippen molar-refractivity contribution in [2.75, 3.05) is 0 Å². The fraction of sp³-hybridized carbons (Fsp3) is 0.400. The van der Waals surface area contributed by atoms with Crippen molar-refractivity contribution in [2.45, 2.75) is 32.5 Å². The quantitative estimate of drug-likeness (QED) is 0.832. The Morgan fingerprint density at radius 3 is 3.06 bits per heavy atom. The first kappa shape index (κ1) is 8.00. The maximum atomic E-state index is 11.8. The summed E-state index contributed by atoms with van der Waals surface area (Å²) in [5.41, 5.74) is 8.80. The molecule has 0 bridgehead atoms. The van der Waals surface area contributed by atoms with Gasteiger partial charge in [0.25, 0.3) is 0 Å². The zero-order valence-corrected chi connectivity index (χ0v) is 10.8. The summed E-state index contributed by atoms with van der Waals surface area (Å²) in [4.78, 5) is 11.8. The summed E-state index contributed by atoms with van der Waals surface area (Å²) in [6.45, 7) is 1.88. The van der Waals surface area contributed by atoms with Crippen LogP contribution in [0, 0.1) is 12.8 Å². The van der Waals surface area contributed by atoms with Crippen LogP contribution in [-0.4, -0.2) is 5.91 Å². The average Bonchev–Trinajstić information content (AvgIpc) is 2.65. The highest BCUT2D eigenvalue weighted by atomic mass is 35.5. The van der Waals surface area contributed by atoms with Crippen molar-refractivity contribution in [3.8, 4) is 0 Å². The van der Waals surface area contributed by atoms with Crippen molar-refractivity contribution in [2.24, 2.45) is 11.7 Å². The molecular weight excluding hydrogens is 246 g/mol. The van der Waals surface area contributed by atoms with Gasteiger partial charge in [0.15, 0.2) is 0 Å². The molecule has 0 aromatic heterocycles. The first-order valence-corrected chi connectivity index (χ1v) is 6.24. The molecule has 3 heteroatoms. The number of nitrogens with two attached hydrogens (primary N) is 1. The predicted octanol–water partition coefficient (Wildman–Crippen LogP) is 3.24. The summed E-state index contributed by atoms with van der Waals surface area (Å²) in [6, 6.07) is 3.49. The second kappa shape index (κ2) is 4.13. The van der Waals surface area contributed by atoms with Gasteiger partial charge >= 0.3 is 0 Å². The lowest BCUT2D eigenvalue weighted by molar-refractivity contribution is -0.121. The number of primary amides is 1. The molecule has 3 rings (SSSR count).